The summed E-state index contributed by atoms with van der Waals surface area (Å²) in [6.45, 7) is 7.11. The Morgan fingerprint density at radius 3 is 2.27 bits per heavy atom. The van der Waals surface area contributed by atoms with Crippen LogP contribution in [0.1, 0.15) is 20.3 Å². The molecule has 0 unspecified atom stereocenters. The first-order chi connectivity index (χ1) is 12.5. The van der Waals surface area contributed by atoms with Gasteiger partial charge in [-0.15, -0.1) is 0 Å². The number of piperazine rings is 1. The van der Waals surface area contributed by atoms with E-state index in [1.54, 1.807) is 18.7 Å². The number of nitrogens with zero attached hydrogens (tertiary/aromatic N) is 3. The van der Waals surface area contributed by atoms with Gasteiger partial charge >= 0.3 is 5.97 Å². The molecule has 2 fully saturated rings. The molecule has 0 spiro atoms. The summed E-state index contributed by atoms with van der Waals surface area (Å²) in [6.07, 6.45) is 0.202. The smallest absolute Gasteiger partial charge is 0.311 e. The molecule has 26 heavy (non-hydrogen) atoms. The highest BCUT2D eigenvalue weighted by molar-refractivity contribution is 5.99. The van der Waals surface area contributed by atoms with E-state index in [9.17, 15) is 14.4 Å². The molecular weight excluding hydrogens is 334 g/mol. The average Bonchev–Trinajstić information content (AvgIpc) is 3.04. The summed E-state index contributed by atoms with van der Waals surface area (Å²) in [4.78, 5) is 41.3. The van der Waals surface area contributed by atoms with Crippen LogP contribution in [0.2, 0.25) is 0 Å². The Morgan fingerprint density at radius 1 is 1.08 bits per heavy atom. The molecule has 140 valence electrons. The Kier molecular flexibility index (Phi) is 5.44. The van der Waals surface area contributed by atoms with Gasteiger partial charge in [-0.05, 0) is 31.2 Å². The Balaban J connectivity index is 1.62. The second-order valence-electron chi connectivity index (χ2n) is 6.67. The molecule has 3 rings (SSSR count). The number of hydrogen-bond acceptors (Lipinski definition) is 5. The quantitative estimate of drug-likeness (QED) is 0.757. The van der Waals surface area contributed by atoms with Gasteiger partial charge in [-0.3, -0.25) is 14.4 Å². The highest BCUT2D eigenvalue weighted by Gasteiger charge is 2.36. The average molecular weight is 359 g/mol. The molecule has 7 heteroatoms. The number of anilines is 2. The molecular formula is C19H25N3O4. The molecule has 7 nitrogen and oxygen atoms in total. The fourth-order valence-corrected chi connectivity index (χ4v) is 3.50. The van der Waals surface area contributed by atoms with Crippen LogP contribution in [-0.2, 0) is 19.1 Å². The monoisotopic (exact) mass is 359 g/mol. The lowest BCUT2D eigenvalue weighted by Crippen LogP contribution is -2.48. The van der Waals surface area contributed by atoms with Crippen LogP contribution in [0, 0.1) is 5.92 Å². The number of hydrogen-bond donors (Lipinski definition) is 0. The molecule has 2 aliphatic heterocycles. The Morgan fingerprint density at radius 2 is 1.69 bits per heavy atom. The molecule has 0 aromatic heterocycles. The second-order valence-corrected chi connectivity index (χ2v) is 6.67. The van der Waals surface area contributed by atoms with Crippen molar-refractivity contribution >= 4 is 29.2 Å². The lowest BCUT2D eigenvalue weighted by molar-refractivity contribution is -0.147. The highest BCUT2D eigenvalue weighted by Crippen LogP contribution is 2.28. The van der Waals surface area contributed by atoms with Crippen molar-refractivity contribution in [2.75, 3.05) is 49.1 Å². The van der Waals surface area contributed by atoms with E-state index in [1.807, 2.05) is 29.2 Å². The summed E-state index contributed by atoms with van der Waals surface area (Å²) in [5.74, 6) is -0.625. The summed E-state index contributed by atoms with van der Waals surface area (Å²) in [6, 6.07) is 7.81. The summed E-state index contributed by atoms with van der Waals surface area (Å²) in [7, 11) is 0. The molecule has 2 aliphatic rings. The van der Waals surface area contributed by atoms with E-state index >= 15 is 0 Å². The van der Waals surface area contributed by atoms with Crippen LogP contribution in [0.3, 0.4) is 0 Å². The van der Waals surface area contributed by atoms with Gasteiger partial charge in [-0.1, -0.05) is 0 Å². The second kappa shape index (κ2) is 7.76. The van der Waals surface area contributed by atoms with E-state index in [1.165, 1.54) is 0 Å². The summed E-state index contributed by atoms with van der Waals surface area (Å²) >= 11 is 0. The zero-order chi connectivity index (χ0) is 18.7. The molecule has 0 radical (unpaired) electrons. The third-order valence-corrected chi connectivity index (χ3v) is 5.00. The molecule has 0 saturated carbocycles. The number of carbonyl (C=O) groups excluding carboxylic acids is 3. The van der Waals surface area contributed by atoms with Gasteiger partial charge in [-0.2, -0.15) is 0 Å². The van der Waals surface area contributed by atoms with Gasteiger partial charge < -0.3 is 19.4 Å². The van der Waals surface area contributed by atoms with Crippen LogP contribution >= 0.6 is 0 Å². The molecule has 1 aromatic rings. The summed E-state index contributed by atoms with van der Waals surface area (Å²) in [5, 5.41) is 0. The third kappa shape index (κ3) is 3.81. The van der Waals surface area contributed by atoms with Crippen molar-refractivity contribution in [1.82, 2.24) is 4.90 Å². The molecule has 1 aromatic carbocycles. The summed E-state index contributed by atoms with van der Waals surface area (Å²) < 4.78 is 5.03. The van der Waals surface area contributed by atoms with Gasteiger partial charge in [0.25, 0.3) is 0 Å². The van der Waals surface area contributed by atoms with Gasteiger partial charge in [0, 0.05) is 57.4 Å². The number of esters is 1. The van der Waals surface area contributed by atoms with E-state index < -0.39 is 0 Å². The number of amides is 2. The molecule has 0 N–H and O–H groups in total. The van der Waals surface area contributed by atoms with Crippen molar-refractivity contribution in [2.24, 2.45) is 5.92 Å². The van der Waals surface area contributed by atoms with Crippen LogP contribution in [0.5, 0.6) is 0 Å². The maximum Gasteiger partial charge on any atom is 0.311 e. The lowest BCUT2D eigenvalue weighted by atomic mass is 10.1. The molecule has 0 bridgehead atoms. The van der Waals surface area contributed by atoms with E-state index in [0.29, 0.717) is 13.2 Å². The van der Waals surface area contributed by atoms with Crippen molar-refractivity contribution in [3.63, 3.8) is 0 Å². The van der Waals surface area contributed by atoms with Gasteiger partial charge in [0.05, 0.1) is 12.5 Å². The van der Waals surface area contributed by atoms with Crippen LogP contribution < -0.4 is 9.80 Å². The minimum absolute atomic E-state index is 0.0501. The minimum Gasteiger partial charge on any atom is -0.466 e. The Hall–Kier alpha value is -2.57. The largest absolute Gasteiger partial charge is 0.466 e. The molecule has 2 saturated heterocycles. The van der Waals surface area contributed by atoms with Crippen LogP contribution in [0.4, 0.5) is 11.4 Å². The van der Waals surface area contributed by atoms with E-state index in [2.05, 4.69) is 4.90 Å². The summed E-state index contributed by atoms with van der Waals surface area (Å²) in [5.41, 5.74) is 1.87. The first-order valence-electron chi connectivity index (χ1n) is 9.07. The number of ether oxygens (including phenoxy) is 1. The van der Waals surface area contributed by atoms with Gasteiger partial charge in [0.2, 0.25) is 11.8 Å². The predicted molar refractivity (Wildman–Crippen MR) is 98.0 cm³/mol. The third-order valence-electron chi connectivity index (χ3n) is 5.00. The van der Waals surface area contributed by atoms with Crippen molar-refractivity contribution in [2.45, 2.75) is 20.3 Å². The zero-order valence-electron chi connectivity index (χ0n) is 15.3. The maximum atomic E-state index is 12.3. The molecule has 1 atom stereocenters. The van der Waals surface area contributed by atoms with Crippen LogP contribution in [0.15, 0.2) is 24.3 Å². The first-order valence-corrected chi connectivity index (χ1v) is 9.07. The molecule has 2 amide bonds. The van der Waals surface area contributed by atoms with Crippen LogP contribution in [0.25, 0.3) is 0 Å². The maximum absolute atomic E-state index is 12.3. The highest BCUT2D eigenvalue weighted by atomic mass is 16.5. The standard InChI is InChI=1S/C19H25N3O4/c1-3-26-19(25)15-12-18(24)22(13-15)17-6-4-16(5-7-17)21-10-8-20(9-11-21)14(2)23/h4-7,15H,3,8-13H2,1-2H3/t15-/m0/s1. The molecule has 2 heterocycles. The molecule has 0 aliphatic carbocycles. The Labute approximate surface area is 153 Å². The van der Waals surface area contributed by atoms with Crippen molar-refractivity contribution < 1.29 is 19.1 Å². The van der Waals surface area contributed by atoms with Gasteiger partial charge in [-0.25, -0.2) is 0 Å². The Bertz CT molecular complexity index is 681. The first kappa shape index (κ1) is 18.2. The van der Waals surface area contributed by atoms with Crippen LogP contribution in [-0.4, -0.2) is 62.0 Å². The number of carbonyl (C=O) groups is 3. The number of rotatable bonds is 4. The SMILES string of the molecule is CCOC(=O)[C@H]1CC(=O)N(c2ccc(N3CCN(C(C)=O)CC3)cc2)C1. The zero-order valence-corrected chi connectivity index (χ0v) is 15.3. The predicted octanol–water partition coefficient (Wildman–Crippen LogP) is 1.27. The van der Waals surface area contributed by atoms with E-state index in [0.717, 1.165) is 37.6 Å². The van der Waals surface area contributed by atoms with Gasteiger partial charge in [0.15, 0.2) is 0 Å². The van der Waals surface area contributed by atoms with E-state index in [4.69, 9.17) is 4.74 Å². The minimum atomic E-state index is -0.387. The van der Waals surface area contributed by atoms with E-state index in [-0.39, 0.29) is 30.1 Å². The fourth-order valence-electron chi connectivity index (χ4n) is 3.50. The lowest BCUT2D eigenvalue weighted by Gasteiger charge is -2.35. The fraction of sp³-hybridized carbons (Fsp3) is 0.526. The normalized spacial score (nSPS) is 20.5. The van der Waals surface area contributed by atoms with Gasteiger partial charge in [0.1, 0.15) is 0 Å². The van der Waals surface area contributed by atoms with Crippen molar-refractivity contribution in [3.8, 4) is 0 Å². The number of benzene rings is 1. The topological polar surface area (TPSA) is 70.2 Å². The van der Waals surface area contributed by atoms with Crippen molar-refractivity contribution in [1.29, 1.82) is 0 Å². The van der Waals surface area contributed by atoms with Crippen molar-refractivity contribution in [3.05, 3.63) is 24.3 Å².